The van der Waals surface area contributed by atoms with E-state index in [9.17, 15) is 4.79 Å². The van der Waals surface area contributed by atoms with Crippen LogP contribution in [0.3, 0.4) is 0 Å². The maximum Gasteiger partial charge on any atom is 0.303 e. The van der Waals surface area contributed by atoms with Crippen LogP contribution in [0.1, 0.15) is 12.8 Å². The highest BCUT2D eigenvalue weighted by molar-refractivity contribution is 5.66. The average Bonchev–Trinajstić information content (AvgIpc) is 2.36. The Bertz CT molecular complexity index is 354. The zero-order valence-electron chi connectivity index (χ0n) is 11.2. The Morgan fingerprint density at radius 1 is 1.11 bits per heavy atom. The van der Waals surface area contributed by atoms with Gasteiger partial charge >= 0.3 is 5.97 Å². The van der Waals surface area contributed by atoms with Gasteiger partial charge in [0.05, 0.1) is 0 Å². The first-order valence-electron chi connectivity index (χ1n) is 6.26. The molecule has 1 aromatic carbocycles. The number of para-hydroxylation sites is 1. The van der Waals surface area contributed by atoms with Crippen LogP contribution in [-0.2, 0) is 4.79 Å². The molecule has 1 aromatic rings. The summed E-state index contributed by atoms with van der Waals surface area (Å²) in [6, 6.07) is 10.2. The number of rotatable bonds is 8. The van der Waals surface area contributed by atoms with Gasteiger partial charge < -0.3 is 14.9 Å². The fourth-order valence-corrected chi connectivity index (χ4v) is 1.74. The minimum absolute atomic E-state index is 0.249. The number of aliphatic carboxylic acids is 1. The van der Waals surface area contributed by atoms with E-state index in [2.05, 4.69) is 29.0 Å². The number of likely N-dealkylation sites (N-methyl/N-ethyl adjacent to an activating group) is 2. The summed E-state index contributed by atoms with van der Waals surface area (Å²) >= 11 is 0. The third-order valence-corrected chi connectivity index (χ3v) is 2.94. The third-order valence-electron chi connectivity index (χ3n) is 2.94. The summed E-state index contributed by atoms with van der Waals surface area (Å²) < 4.78 is 0. The molecule has 100 valence electrons. The number of benzene rings is 1. The van der Waals surface area contributed by atoms with Crippen molar-refractivity contribution in [2.75, 3.05) is 38.6 Å². The first kappa shape index (κ1) is 14.5. The van der Waals surface area contributed by atoms with Crippen LogP contribution in [0.25, 0.3) is 0 Å². The third kappa shape index (κ3) is 5.68. The largest absolute Gasteiger partial charge is 0.481 e. The quantitative estimate of drug-likeness (QED) is 0.765. The maximum absolute atomic E-state index is 10.4. The molecule has 1 N–H and O–H groups in total. The van der Waals surface area contributed by atoms with E-state index in [0.29, 0.717) is 6.42 Å². The molecule has 0 aromatic heterocycles. The minimum atomic E-state index is -0.718. The van der Waals surface area contributed by atoms with Gasteiger partial charge in [-0.2, -0.15) is 0 Å². The van der Waals surface area contributed by atoms with Crippen molar-refractivity contribution in [3.63, 3.8) is 0 Å². The molecule has 0 aliphatic rings. The van der Waals surface area contributed by atoms with Crippen molar-refractivity contribution in [1.29, 1.82) is 0 Å². The van der Waals surface area contributed by atoms with Gasteiger partial charge in [0.15, 0.2) is 0 Å². The molecule has 4 nitrogen and oxygen atoms in total. The fourth-order valence-electron chi connectivity index (χ4n) is 1.74. The van der Waals surface area contributed by atoms with Gasteiger partial charge in [-0.25, -0.2) is 0 Å². The Hall–Kier alpha value is -1.55. The second-order valence-corrected chi connectivity index (χ2v) is 4.56. The van der Waals surface area contributed by atoms with Crippen LogP contribution in [0.2, 0.25) is 0 Å². The molecule has 0 amide bonds. The van der Waals surface area contributed by atoms with E-state index in [1.165, 1.54) is 5.69 Å². The fraction of sp³-hybridized carbons (Fsp3) is 0.500. The molecule has 1 rings (SSSR count). The molecule has 18 heavy (non-hydrogen) atoms. The van der Waals surface area contributed by atoms with Crippen molar-refractivity contribution >= 4 is 11.7 Å². The lowest BCUT2D eigenvalue weighted by atomic mass is 10.3. The van der Waals surface area contributed by atoms with Crippen molar-refractivity contribution in [3.05, 3.63) is 30.3 Å². The number of anilines is 1. The molecular formula is C14H22N2O2. The standard InChI is InChI=1S/C14H22N2O2/c1-15(10-6-9-14(17)18)11-12-16(2)13-7-4-3-5-8-13/h3-5,7-8H,6,9-12H2,1-2H3,(H,17,18). The van der Waals surface area contributed by atoms with E-state index in [1.807, 2.05) is 25.2 Å². The van der Waals surface area contributed by atoms with Crippen molar-refractivity contribution in [2.45, 2.75) is 12.8 Å². The Labute approximate surface area is 109 Å². The molecule has 0 fully saturated rings. The predicted molar refractivity (Wildman–Crippen MR) is 74.1 cm³/mol. The van der Waals surface area contributed by atoms with Gasteiger partial charge in [0.2, 0.25) is 0 Å². The van der Waals surface area contributed by atoms with Crippen LogP contribution in [0, 0.1) is 0 Å². The predicted octanol–water partition coefficient (Wildman–Crippen LogP) is 1.92. The number of carboxylic acids is 1. The normalized spacial score (nSPS) is 10.6. The molecule has 0 atom stereocenters. The summed E-state index contributed by atoms with van der Waals surface area (Å²) in [7, 11) is 4.10. The van der Waals surface area contributed by atoms with Crippen LogP contribution in [-0.4, -0.2) is 49.7 Å². The Kier molecular flexibility index (Phi) is 6.22. The van der Waals surface area contributed by atoms with Crippen molar-refractivity contribution in [3.8, 4) is 0 Å². The van der Waals surface area contributed by atoms with Gasteiger partial charge in [0, 0.05) is 32.2 Å². The molecule has 0 unspecified atom stereocenters. The van der Waals surface area contributed by atoms with Crippen LogP contribution in [0.5, 0.6) is 0 Å². The van der Waals surface area contributed by atoms with E-state index < -0.39 is 5.97 Å². The minimum Gasteiger partial charge on any atom is -0.481 e. The summed E-state index contributed by atoms with van der Waals surface area (Å²) in [6.07, 6.45) is 0.958. The second kappa shape index (κ2) is 7.71. The Balaban J connectivity index is 2.22. The summed E-state index contributed by atoms with van der Waals surface area (Å²) in [6.45, 7) is 2.70. The van der Waals surface area contributed by atoms with Crippen molar-refractivity contribution in [2.24, 2.45) is 0 Å². The first-order valence-corrected chi connectivity index (χ1v) is 6.26. The molecule has 0 saturated carbocycles. The van der Waals surface area contributed by atoms with E-state index in [-0.39, 0.29) is 6.42 Å². The van der Waals surface area contributed by atoms with Gasteiger partial charge in [-0.1, -0.05) is 18.2 Å². The molecule has 0 aliphatic heterocycles. The molecule has 0 bridgehead atoms. The average molecular weight is 250 g/mol. The molecule has 0 spiro atoms. The van der Waals surface area contributed by atoms with Crippen LogP contribution in [0.4, 0.5) is 5.69 Å². The molecule has 4 heteroatoms. The van der Waals surface area contributed by atoms with E-state index >= 15 is 0 Å². The summed E-state index contributed by atoms with van der Waals surface area (Å²) in [5.74, 6) is -0.718. The lowest BCUT2D eigenvalue weighted by molar-refractivity contribution is -0.137. The molecule has 0 heterocycles. The topological polar surface area (TPSA) is 43.8 Å². The van der Waals surface area contributed by atoms with Crippen molar-refractivity contribution in [1.82, 2.24) is 4.90 Å². The van der Waals surface area contributed by atoms with Crippen molar-refractivity contribution < 1.29 is 9.90 Å². The van der Waals surface area contributed by atoms with Gasteiger partial charge in [0.25, 0.3) is 0 Å². The molecule has 0 radical (unpaired) electrons. The van der Waals surface area contributed by atoms with E-state index in [4.69, 9.17) is 5.11 Å². The van der Waals surface area contributed by atoms with E-state index in [1.54, 1.807) is 0 Å². The zero-order valence-corrected chi connectivity index (χ0v) is 11.2. The van der Waals surface area contributed by atoms with Crippen LogP contribution < -0.4 is 4.90 Å². The number of hydrogen-bond donors (Lipinski definition) is 1. The molecular weight excluding hydrogens is 228 g/mol. The SMILES string of the molecule is CN(CCCC(=O)O)CCN(C)c1ccccc1. The summed E-state index contributed by atoms with van der Waals surface area (Å²) in [4.78, 5) is 14.8. The highest BCUT2D eigenvalue weighted by Crippen LogP contribution is 2.10. The summed E-state index contributed by atoms with van der Waals surface area (Å²) in [5, 5.41) is 8.57. The maximum atomic E-state index is 10.4. The van der Waals surface area contributed by atoms with Gasteiger partial charge in [0.1, 0.15) is 0 Å². The highest BCUT2D eigenvalue weighted by Gasteiger charge is 2.04. The molecule has 0 saturated heterocycles. The second-order valence-electron chi connectivity index (χ2n) is 4.56. The Morgan fingerprint density at radius 2 is 1.78 bits per heavy atom. The monoisotopic (exact) mass is 250 g/mol. The van der Waals surface area contributed by atoms with E-state index in [0.717, 1.165) is 19.6 Å². The smallest absolute Gasteiger partial charge is 0.303 e. The Morgan fingerprint density at radius 3 is 2.39 bits per heavy atom. The molecule has 0 aliphatic carbocycles. The number of hydrogen-bond acceptors (Lipinski definition) is 3. The number of carbonyl (C=O) groups is 1. The van der Waals surface area contributed by atoms with Gasteiger partial charge in [-0.15, -0.1) is 0 Å². The number of nitrogens with zero attached hydrogens (tertiary/aromatic N) is 2. The lowest BCUT2D eigenvalue weighted by Crippen LogP contribution is -2.31. The van der Waals surface area contributed by atoms with Gasteiger partial charge in [-0.3, -0.25) is 4.79 Å². The first-order chi connectivity index (χ1) is 8.59. The van der Waals surface area contributed by atoms with Crippen LogP contribution in [0.15, 0.2) is 30.3 Å². The highest BCUT2D eigenvalue weighted by atomic mass is 16.4. The van der Waals surface area contributed by atoms with Crippen LogP contribution >= 0.6 is 0 Å². The zero-order chi connectivity index (χ0) is 13.4. The van der Waals surface area contributed by atoms with Gasteiger partial charge in [-0.05, 0) is 32.1 Å². The lowest BCUT2D eigenvalue weighted by Gasteiger charge is -2.23. The number of carboxylic acid groups (broad SMARTS) is 1. The summed E-state index contributed by atoms with van der Waals surface area (Å²) in [5.41, 5.74) is 1.21.